The molecule has 0 amide bonds. The van der Waals surface area contributed by atoms with Crippen molar-refractivity contribution in [2.75, 3.05) is 26.2 Å². The van der Waals surface area contributed by atoms with Crippen LogP contribution in [0.5, 0.6) is 0 Å². The average molecular weight is 291 g/mol. The van der Waals surface area contributed by atoms with Crippen LogP contribution < -0.4 is 5.32 Å². The van der Waals surface area contributed by atoms with Crippen LogP contribution in [0.15, 0.2) is 16.7 Å². The van der Waals surface area contributed by atoms with E-state index in [2.05, 4.69) is 35.0 Å². The summed E-state index contributed by atoms with van der Waals surface area (Å²) in [6.45, 7) is 11.3. The molecule has 1 aromatic rings. The van der Waals surface area contributed by atoms with Crippen LogP contribution in [0.25, 0.3) is 0 Å². The Morgan fingerprint density at radius 3 is 2.71 bits per heavy atom. The molecule has 1 aliphatic carbocycles. The van der Waals surface area contributed by atoms with Gasteiger partial charge in [0.15, 0.2) is 0 Å². The number of rotatable bonds is 7. The maximum atomic E-state index is 5.66. The molecule has 3 rings (SSSR count). The Morgan fingerprint density at radius 1 is 1.29 bits per heavy atom. The van der Waals surface area contributed by atoms with E-state index in [0.717, 1.165) is 30.9 Å². The molecule has 1 atom stereocenters. The van der Waals surface area contributed by atoms with Crippen molar-refractivity contribution in [2.45, 2.75) is 58.3 Å². The van der Waals surface area contributed by atoms with E-state index >= 15 is 0 Å². The highest BCUT2D eigenvalue weighted by molar-refractivity contribution is 5.17. The molecule has 1 aliphatic heterocycles. The van der Waals surface area contributed by atoms with Crippen molar-refractivity contribution < 1.29 is 4.42 Å². The van der Waals surface area contributed by atoms with E-state index in [4.69, 9.17) is 4.42 Å². The zero-order valence-electron chi connectivity index (χ0n) is 13.5. The summed E-state index contributed by atoms with van der Waals surface area (Å²) in [6.07, 6.45) is 5.74. The van der Waals surface area contributed by atoms with Crippen molar-refractivity contribution >= 4 is 0 Å². The molecule has 21 heavy (non-hydrogen) atoms. The van der Waals surface area contributed by atoms with Gasteiger partial charge in [-0.2, -0.15) is 0 Å². The lowest BCUT2D eigenvalue weighted by Gasteiger charge is -2.37. The zero-order valence-corrected chi connectivity index (χ0v) is 13.5. The minimum Gasteiger partial charge on any atom is -0.468 e. The van der Waals surface area contributed by atoms with Gasteiger partial charge >= 0.3 is 0 Å². The van der Waals surface area contributed by atoms with E-state index in [-0.39, 0.29) is 0 Å². The quantitative estimate of drug-likeness (QED) is 0.836. The lowest BCUT2D eigenvalue weighted by molar-refractivity contribution is 0.0960. The van der Waals surface area contributed by atoms with Crippen molar-refractivity contribution in [3.63, 3.8) is 0 Å². The second-order valence-electron chi connectivity index (χ2n) is 6.59. The summed E-state index contributed by atoms with van der Waals surface area (Å²) in [5.74, 6) is 1.13. The third kappa shape index (κ3) is 4.09. The molecule has 1 saturated carbocycles. The maximum Gasteiger partial charge on any atom is 0.122 e. The van der Waals surface area contributed by atoms with Crippen LogP contribution in [0.3, 0.4) is 0 Å². The van der Waals surface area contributed by atoms with Crippen molar-refractivity contribution in [1.82, 2.24) is 15.1 Å². The Labute approximate surface area is 128 Å². The number of hydrogen-bond donors (Lipinski definition) is 1. The fourth-order valence-corrected chi connectivity index (χ4v) is 3.05. The number of nitrogens with zero attached hydrogens (tertiary/aromatic N) is 2. The first kappa shape index (κ1) is 15.1. The molecular weight excluding hydrogens is 262 g/mol. The summed E-state index contributed by atoms with van der Waals surface area (Å²) in [6, 6.07) is 3.60. The van der Waals surface area contributed by atoms with E-state index in [9.17, 15) is 0 Å². The van der Waals surface area contributed by atoms with E-state index in [1.54, 1.807) is 0 Å². The van der Waals surface area contributed by atoms with Crippen LogP contribution >= 0.6 is 0 Å². The van der Waals surface area contributed by atoms with Gasteiger partial charge in [-0.15, -0.1) is 0 Å². The molecule has 4 nitrogen and oxygen atoms in total. The second kappa shape index (κ2) is 6.95. The molecule has 1 saturated heterocycles. The number of nitrogens with one attached hydrogen (secondary N) is 1. The predicted molar refractivity (Wildman–Crippen MR) is 85.2 cm³/mol. The summed E-state index contributed by atoms with van der Waals surface area (Å²) in [5, 5.41) is 3.55. The van der Waals surface area contributed by atoms with Gasteiger partial charge in [0.1, 0.15) is 5.76 Å². The van der Waals surface area contributed by atoms with Gasteiger partial charge in [-0.05, 0) is 32.3 Å². The SMILES string of the molecule is CCC(C)N1CCN(Cc2ccoc2CNC2CC2)CC1. The summed E-state index contributed by atoms with van der Waals surface area (Å²) >= 11 is 0. The molecule has 2 heterocycles. The number of piperazine rings is 1. The third-order valence-corrected chi connectivity index (χ3v) is 4.98. The minimum absolute atomic E-state index is 0.722. The van der Waals surface area contributed by atoms with E-state index < -0.39 is 0 Å². The maximum absolute atomic E-state index is 5.66. The first-order valence-corrected chi connectivity index (χ1v) is 8.51. The molecular formula is C17H29N3O. The number of furan rings is 1. The standard InChI is InChI=1S/C17H29N3O/c1-3-14(2)20-9-7-19(8-10-20)13-15-6-11-21-17(15)12-18-16-4-5-16/h6,11,14,16,18H,3-5,7-10,12-13H2,1-2H3. The molecule has 118 valence electrons. The lowest BCUT2D eigenvalue weighted by atomic mass is 10.1. The highest BCUT2D eigenvalue weighted by atomic mass is 16.3. The Morgan fingerprint density at radius 2 is 2.05 bits per heavy atom. The highest BCUT2D eigenvalue weighted by Gasteiger charge is 2.23. The molecule has 0 aromatic carbocycles. The van der Waals surface area contributed by atoms with E-state index in [1.165, 1.54) is 51.0 Å². The molecule has 1 unspecified atom stereocenters. The van der Waals surface area contributed by atoms with Crippen LogP contribution in [0.4, 0.5) is 0 Å². The topological polar surface area (TPSA) is 31.6 Å². The first-order valence-electron chi connectivity index (χ1n) is 8.51. The van der Waals surface area contributed by atoms with Crippen LogP contribution in [0.1, 0.15) is 44.4 Å². The van der Waals surface area contributed by atoms with Crippen molar-refractivity contribution in [1.29, 1.82) is 0 Å². The molecule has 1 aromatic heterocycles. The second-order valence-corrected chi connectivity index (χ2v) is 6.59. The van der Waals surface area contributed by atoms with Gasteiger partial charge in [-0.3, -0.25) is 9.80 Å². The molecule has 0 bridgehead atoms. The van der Waals surface area contributed by atoms with Crippen LogP contribution in [-0.4, -0.2) is 48.1 Å². The smallest absolute Gasteiger partial charge is 0.122 e. The van der Waals surface area contributed by atoms with E-state index in [1.807, 2.05) is 6.26 Å². The molecule has 2 aliphatic rings. The fraction of sp³-hybridized carbons (Fsp3) is 0.765. The van der Waals surface area contributed by atoms with Crippen LogP contribution in [0, 0.1) is 0 Å². The van der Waals surface area contributed by atoms with Gasteiger partial charge in [0.2, 0.25) is 0 Å². The van der Waals surface area contributed by atoms with Gasteiger partial charge in [0.05, 0.1) is 12.8 Å². The summed E-state index contributed by atoms with van der Waals surface area (Å²) < 4.78 is 5.66. The van der Waals surface area contributed by atoms with Gasteiger partial charge < -0.3 is 9.73 Å². The minimum atomic E-state index is 0.722. The Bertz CT molecular complexity index is 433. The summed E-state index contributed by atoms with van der Waals surface area (Å²) in [7, 11) is 0. The van der Waals surface area contributed by atoms with E-state index in [0.29, 0.717) is 0 Å². The molecule has 2 fully saturated rings. The highest BCUT2D eigenvalue weighted by Crippen LogP contribution is 2.21. The zero-order chi connectivity index (χ0) is 14.7. The average Bonchev–Trinajstić information content (AvgIpc) is 3.25. The lowest BCUT2D eigenvalue weighted by Crippen LogP contribution is -2.49. The normalized spacial score (nSPS) is 22.6. The van der Waals surface area contributed by atoms with Crippen molar-refractivity contribution in [3.05, 3.63) is 23.7 Å². The van der Waals surface area contributed by atoms with Gasteiger partial charge in [0.25, 0.3) is 0 Å². The van der Waals surface area contributed by atoms with Crippen LogP contribution in [0.2, 0.25) is 0 Å². The monoisotopic (exact) mass is 291 g/mol. The molecule has 4 heteroatoms. The van der Waals surface area contributed by atoms with Gasteiger partial charge in [0, 0.05) is 50.4 Å². The van der Waals surface area contributed by atoms with Crippen molar-refractivity contribution in [2.24, 2.45) is 0 Å². The Kier molecular flexibility index (Phi) is 4.99. The van der Waals surface area contributed by atoms with Gasteiger partial charge in [-0.25, -0.2) is 0 Å². The van der Waals surface area contributed by atoms with Gasteiger partial charge in [-0.1, -0.05) is 6.92 Å². The molecule has 1 N–H and O–H groups in total. The molecule has 0 radical (unpaired) electrons. The largest absolute Gasteiger partial charge is 0.468 e. The summed E-state index contributed by atoms with van der Waals surface area (Å²) in [5.41, 5.74) is 1.36. The number of hydrogen-bond acceptors (Lipinski definition) is 4. The molecule has 0 spiro atoms. The van der Waals surface area contributed by atoms with Crippen LogP contribution in [-0.2, 0) is 13.1 Å². The Hall–Kier alpha value is -0.840. The predicted octanol–water partition coefficient (Wildman–Crippen LogP) is 2.45. The first-order chi connectivity index (χ1) is 10.3. The third-order valence-electron chi connectivity index (χ3n) is 4.98. The Balaban J connectivity index is 1.47. The van der Waals surface area contributed by atoms with Crippen molar-refractivity contribution in [3.8, 4) is 0 Å². The summed E-state index contributed by atoms with van der Waals surface area (Å²) in [4.78, 5) is 5.17. The fourth-order valence-electron chi connectivity index (χ4n) is 3.05.